The molecule has 1 aromatic carbocycles. The summed E-state index contributed by atoms with van der Waals surface area (Å²) in [5.41, 5.74) is 8.53. The molecule has 0 saturated heterocycles. The molecular formula is C11H13N3O3. The number of benzene rings is 1. The van der Waals surface area contributed by atoms with Gasteiger partial charge in [-0.2, -0.15) is 0 Å². The highest BCUT2D eigenvalue weighted by Crippen LogP contribution is 2.31. The van der Waals surface area contributed by atoms with Gasteiger partial charge in [-0.1, -0.05) is 0 Å². The lowest BCUT2D eigenvalue weighted by Crippen LogP contribution is -2.15. The minimum absolute atomic E-state index is 0.0352. The minimum Gasteiger partial charge on any atom is -0.468 e. The van der Waals surface area contributed by atoms with Gasteiger partial charge in [-0.05, 0) is 17.7 Å². The number of amides is 1. The van der Waals surface area contributed by atoms with Crippen molar-refractivity contribution in [2.75, 3.05) is 30.0 Å². The fourth-order valence-electron chi connectivity index (χ4n) is 1.69. The molecule has 6 nitrogen and oxygen atoms in total. The van der Waals surface area contributed by atoms with E-state index in [0.29, 0.717) is 17.8 Å². The van der Waals surface area contributed by atoms with E-state index in [9.17, 15) is 9.59 Å². The maximum absolute atomic E-state index is 11.2. The first-order valence-corrected chi connectivity index (χ1v) is 5.13. The maximum Gasteiger partial charge on any atom is 0.325 e. The normalized spacial score (nSPS) is 12.9. The summed E-state index contributed by atoms with van der Waals surface area (Å²) < 4.78 is 4.51. The number of nitrogens with one attached hydrogen (secondary N) is 2. The van der Waals surface area contributed by atoms with Gasteiger partial charge in [0.25, 0.3) is 0 Å². The average Bonchev–Trinajstić information content (AvgIpc) is 2.64. The lowest BCUT2D eigenvalue weighted by molar-refractivity contribution is -0.138. The quantitative estimate of drug-likeness (QED) is 0.519. The Morgan fingerprint density at radius 2 is 2.35 bits per heavy atom. The van der Waals surface area contributed by atoms with Crippen molar-refractivity contribution >= 4 is 28.9 Å². The molecule has 0 aliphatic carbocycles. The number of ether oxygens (including phenoxy) is 1. The van der Waals surface area contributed by atoms with Gasteiger partial charge >= 0.3 is 5.97 Å². The summed E-state index contributed by atoms with van der Waals surface area (Å²) >= 11 is 0. The van der Waals surface area contributed by atoms with Gasteiger partial charge in [0, 0.05) is 5.69 Å². The smallest absolute Gasteiger partial charge is 0.325 e. The van der Waals surface area contributed by atoms with Gasteiger partial charge in [-0.25, -0.2) is 0 Å². The SMILES string of the molecule is COC(=O)CNc1cc2c(cc1N)CC(=O)N2. The van der Waals surface area contributed by atoms with Gasteiger partial charge in [0.05, 0.1) is 24.9 Å². The summed E-state index contributed by atoms with van der Waals surface area (Å²) in [6, 6.07) is 3.45. The fraction of sp³-hybridized carbons (Fsp3) is 0.273. The van der Waals surface area contributed by atoms with Gasteiger partial charge < -0.3 is 21.1 Å². The Bertz CT molecular complexity index is 485. The van der Waals surface area contributed by atoms with Crippen molar-refractivity contribution in [2.24, 2.45) is 0 Å². The lowest BCUT2D eigenvalue weighted by atomic mass is 10.1. The van der Waals surface area contributed by atoms with Gasteiger partial charge in [0.2, 0.25) is 5.91 Å². The van der Waals surface area contributed by atoms with Crippen molar-refractivity contribution in [1.29, 1.82) is 0 Å². The van der Waals surface area contributed by atoms with E-state index in [0.717, 1.165) is 11.3 Å². The largest absolute Gasteiger partial charge is 0.468 e. The third-order valence-electron chi connectivity index (χ3n) is 2.55. The molecule has 0 atom stereocenters. The minimum atomic E-state index is -0.381. The second kappa shape index (κ2) is 4.32. The molecule has 2 rings (SSSR count). The number of fused-ring (bicyclic) bond motifs is 1. The molecule has 0 unspecified atom stereocenters. The molecule has 0 saturated carbocycles. The number of esters is 1. The van der Waals surface area contributed by atoms with E-state index in [1.807, 2.05) is 0 Å². The first-order chi connectivity index (χ1) is 8.10. The molecule has 0 radical (unpaired) electrons. The Morgan fingerprint density at radius 1 is 1.59 bits per heavy atom. The van der Waals surface area contributed by atoms with Crippen LogP contribution in [0.3, 0.4) is 0 Å². The summed E-state index contributed by atoms with van der Waals surface area (Å²) in [5, 5.41) is 5.57. The molecule has 1 aliphatic heterocycles. The third-order valence-corrected chi connectivity index (χ3v) is 2.55. The van der Waals surface area contributed by atoms with Crippen LogP contribution in [0.2, 0.25) is 0 Å². The van der Waals surface area contributed by atoms with Crippen LogP contribution in [0.4, 0.5) is 17.1 Å². The van der Waals surface area contributed by atoms with Crippen LogP contribution in [-0.4, -0.2) is 25.5 Å². The standard InChI is InChI=1S/C11H13N3O3/c1-17-11(16)5-13-9-4-8-6(2-7(9)12)3-10(15)14-8/h2,4,13H,3,5,12H2,1H3,(H,14,15). The highest BCUT2D eigenvalue weighted by atomic mass is 16.5. The molecule has 17 heavy (non-hydrogen) atoms. The van der Waals surface area contributed by atoms with Gasteiger partial charge in [-0.15, -0.1) is 0 Å². The van der Waals surface area contributed by atoms with Crippen molar-refractivity contribution in [2.45, 2.75) is 6.42 Å². The van der Waals surface area contributed by atoms with Crippen molar-refractivity contribution < 1.29 is 14.3 Å². The van der Waals surface area contributed by atoms with E-state index in [-0.39, 0.29) is 18.4 Å². The molecule has 0 aromatic heterocycles. The van der Waals surface area contributed by atoms with E-state index in [4.69, 9.17) is 5.73 Å². The molecule has 1 heterocycles. The number of rotatable bonds is 3. The number of hydrogen-bond donors (Lipinski definition) is 3. The van der Waals surface area contributed by atoms with E-state index in [2.05, 4.69) is 15.4 Å². The topological polar surface area (TPSA) is 93.4 Å². The third kappa shape index (κ3) is 2.30. The van der Waals surface area contributed by atoms with Gasteiger partial charge in [0.1, 0.15) is 6.54 Å². The van der Waals surface area contributed by atoms with Crippen molar-refractivity contribution in [3.8, 4) is 0 Å². The number of methoxy groups -OCH3 is 1. The lowest BCUT2D eigenvalue weighted by Gasteiger charge is -2.10. The molecule has 0 spiro atoms. The predicted octanol–water partition coefficient (Wildman–Crippen LogP) is 0.348. The van der Waals surface area contributed by atoms with E-state index >= 15 is 0 Å². The second-order valence-electron chi connectivity index (χ2n) is 3.75. The Labute approximate surface area is 98.1 Å². The second-order valence-corrected chi connectivity index (χ2v) is 3.75. The molecule has 1 aliphatic rings. The van der Waals surface area contributed by atoms with Crippen LogP contribution in [0.15, 0.2) is 12.1 Å². The zero-order chi connectivity index (χ0) is 12.4. The van der Waals surface area contributed by atoms with Crippen LogP contribution in [-0.2, 0) is 20.7 Å². The molecular weight excluding hydrogens is 222 g/mol. The summed E-state index contributed by atoms with van der Waals surface area (Å²) in [6.07, 6.45) is 0.344. The highest BCUT2D eigenvalue weighted by Gasteiger charge is 2.19. The van der Waals surface area contributed by atoms with Gasteiger partial charge in [0.15, 0.2) is 0 Å². The summed E-state index contributed by atoms with van der Waals surface area (Å²) in [5.74, 6) is -0.432. The van der Waals surface area contributed by atoms with E-state index in [1.165, 1.54) is 7.11 Å². The number of carbonyl (C=O) groups excluding carboxylic acids is 2. The van der Waals surface area contributed by atoms with Crippen LogP contribution in [0.1, 0.15) is 5.56 Å². The number of nitrogens with two attached hydrogens (primary N) is 1. The molecule has 1 aromatic rings. The van der Waals surface area contributed by atoms with Crippen LogP contribution in [0, 0.1) is 0 Å². The first-order valence-electron chi connectivity index (χ1n) is 5.13. The van der Waals surface area contributed by atoms with Crippen LogP contribution in [0.5, 0.6) is 0 Å². The molecule has 6 heteroatoms. The number of anilines is 3. The van der Waals surface area contributed by atoms with Crippen molar-refractivity contribution in [1.82, 2.24) is 0 Å². The fourth-order valence-corrected chi connectivity index (χ4v) is 1.69. The molecule has 0 bridgehead atoms. The van der Waals surface area contributed by atoms with Crippen LogP contribution < -0.4 is 16.4 Å². The number of carbonyl (C=O) groups is 2. The zero-order valence-corrected chi connectivity index (χ0v) is 9.37. The Kier molecular flexibility index (Phi) is 2.86. The molecule has 0 fully saturated rings. The highest BCUT2D eigenvalue weighted by molar-refractivity contribution is 6.01. The summed E-state index contributed by atoms with van der Waals surface area (Å²) in [6.45, 7) is 0.0352. The predicted molar refractivity (Wildman–Crippen MR) is 63.7 cm³/mol. The number of hydrogen-bond acceptors (Lipinski definition) is 5. The molecule has 1 amide bonds. The van der Waals surface area contributed by atoms with Crippen molar-refractivity contribution in [3.63, 3.8) is 0 Å². The monoisotopic (exact) mass is 235 g/mol. The average molecular weight is 235 g/mol. The first kappa shape index (κ1) is 11.3. The van der Waals surface area contributed by atoms with E-state index < -0.39 is 0 Å². The zero-order valence-electron chi connectivity index (χ0n) is 9.37. The van der Waals surface area contributed by atoms with Gasteiger partial charge in [-0.3, -0.25) is 9.59 Å². The van der Waals surface area contributed by atoms with Crippen LogP contribution >= 0.6 is 0 Å². The molecule has 90 valence electrons. The van der Waals surface area contributed by atoms with Crippen molar-refractivity contribution in [3.05, 3.63) is 17.7 Å². The Hall–Kier alpha value is -2.24. The summed E-state index contributed by atoms with van der Waals surface area (Å²) in [7, 11) is 1.32. The summed E-state index contributed by atoms with van der Waals surface area (Å²) in [4.78, 5) is 22.2. The van der Waals surface area contributed by atoms with Crippen LogP contribution in [0.25, 0.3) is 0 Å². The Morgan fingerprint density at radius 3 is 3.06 bits per heavy atom. The molecule has 4 N–H and O–H groups in total. The number of nitrogen functional groups attached to an aromatic ring is 1. The maximum atomic E-state index is 11.2. The van der Waals surface area contributed by atoms with E-state index in [1.54, 1.807) is 12.1 Å². The Balaban J connectivity index is 2.16.